The van der Waals surface area contributed by atoms with E-state index in [9.17, 15) is 17.2 Å². The van der Waals surface area contributed by atoms with E-state index in [2.05, 4.69) is 10.2 Å². The van der Waals surface area contributed by atoms with Crippen LogP contribution in [0.4, 0.5) is 14.5 Å². The lowest BCUT2D eigenvalue weighted by Gasteiger charge is -2.23. The molecule has 6 nitrogen and oxygen atoms in total. The Balaban J connectivity index is 2.56. The number of aromatic nitrogens is 2. The van der Waals surface area contributed by atoms with E-state index in [1.165, 1.54) is 6.92 Å². The highest BCUT2D eigenvalue weighted by Gasteiger charge is 2.29. The van der Waals surface area contributed by atoms with Crippen molar-refractivity contribution in [2.24, 2.45) is 0 Å². The topological polar surface area (TPSA) is 86.3 Å². The average molecular weight is 317 g/mol. The Labute approximate surface area is 120 Å². The highest BCUT2D eigenvalue weighted by atomic mass is 32.2. The van der Waals surface area contributed by atoms with Crippen molar-refractivity contribution in [2.45, 2.75) is 11.8 Å². The van der Waals surface area contributed by atoms with Crippen LogP contribution in [0.5, 0.6) is 0 Å². The second kappa shape index (κ2) is 5.78. The summed E-state index contributed by atoms with van der Waals surface area (Å²) < 4.78 is 52.6. The Hall–Kier alpha value is -2.00. The molecule has 1 heterocycles. The Morgan fingerprint density at radius 2 is 2.10 bits per heavy atom. The van der Waals surface area contributed by atoms with Crippen LogP contribution in [-0.2, 0) is 10.0 Å². The molecule has 0 saturated heterocycles. The predicted octanol–water partition coefficient (Wildman–Crippen LogP) is 1.18. The second-order valence-corrected chi connectivity index (χ2v) is 6.09. The van der Waals surface area contributed by atoms with Crippen molar-refractivity contribution in [3.8, 4) is 0 Å². The molecule has 9 heteroatoms. The second-order valence-electron chi connectivity index (χ2n) is 4.26. The van der Waals surface area contributed by atoms with Crippen molar-refractivity contribution >= 4 is 15.7 Å². The van der Waals surface area contributed by atoms with Gasteiger partial charge in [0.05, 0.1) is 30.7 Å². The van der Waals surface area contributed by atoms with Crippen LogP contribution < -0.4 is 4.31 Å². The third-order valence-corrected chi connectivity index (χ3v) is 4.76. The zero-order valence-corrected chi connectivity index (χ0v) is 11.9. The van der Waals surface area contributed by atoms with E-state index in [1.54, 1.807) is 0 Å². The van der Waals surface area contributed by atoms with Gasteiger partial charge >= 0.3 is 0 Å². The monoisotopic (exact) mass is 317 g/mol. The first-order valence-electron chi connectivity index (χ1n) is 5.96. The largest absolute Gasteiger partial charge is 0.394 e. The van der Waals surface area contributed by atoms with Crippen molar-refractivity contribution in [2.75, 3.05) is 17.5 Å². The first kappa shape index (κ1) is 15.4. The minimum absolute atomic E-state index is 0.139. The van der Waals surface area contributed by atoms with Crippen LogP contribution in [0.2, 0.25) is 0 Å². The van der Waals surface area contributed by atoms with Crippen molar-refractivity contribution in [1.29, 1.82) is 0 Å². The number of H-pyrrole nitrogens is 1. The van der Waals surface area contributed by atoms with Gasteiger partial charge in [-0.3, -0.25) is 9.40 Å². The molecule has 0 fully saturated rings. The summed E-state index contributed by atoms with van der Waals surface area (Å²) in [4.78, 5) is -0.139. The number of nitrogens with one attached hydrogen (secondary N) is 1. The molecule has 0 radical (unpaired) electrons. The minimum atomic E-state index is -4.12. The van der Waals surface area contributed by atoms with Gasteiger partial charge < -0.3 is 5.11 Å². The lowest BCUT2D eigenvalue weighted by Crippen LogP contribution is -2.34. The van der Waals surface area contributed by atoms with Crippen molar-refractivity contribution in [3.05, 3.63) is 41.7 Å². The van der Waals surface area contributed by atoms with Crippen molar-refractivity contribution in [1.82, 2.24) is 10.2 Å². The van der Waals surface area contributed by atoms with Crippen LogP contribution in [0.1, 0.15) is 5.69 Å². The van der Waals surface area contributed by atoms with Crippen LogP contribution >= 0.6 is 0 Å². The maximum absolute atomic E-state index is 13.8. The lowest BCUT2D eigenvalue weighted by atomic mass is 10.3. The number of rotatable bonds is 5. The number of anilines is 1. The van der Waals surface area contributed by atoms with Crippen molar-refractivity contribution in [3.63, 3.8) is 0 Å². The van der Waals surface area contributed by atoms with E-state index >= 15 is 0 Å². The summed E-state index contributed by atoms with van der Waals surface area (Å²) in [7, 11) is -4.12. The molecule has 0 amide bonds. The SMILES string of the molecule is Cc1[nH]ncc1S(=O)(=O)N(CCO)c1ccc(F)cc1F. The molecule has 0 spiro atoms. The number of benzene rings is 1. The average Bonchev–Trinajstić information content (AvgIpc) is 2.84. The standard InChI is InChI=1S/C12H13F2N3O3S/c1-8-12(7-15-16-8)21(19,20)17(4-5-18)11-3-2-9(13)6-10(11)14/h2-3,6-7,18H,4-5H2,1H3,(H,15,16). The van der Waals surface area contributed by atoms with Gasteiger partial charge in [-0.1, -0.05) is 0 Å². The molecular weight excluding hydrogens is 304 g/mol. The summed E-state index contributed by atoms with van der Waals surface area (Å²) in [6.07, 6.45) is 1.09. The summed E-state index contributed by atoms with van der Waals surface area (Å²) in [5.74, 6) is -1.86. The van der Waals surface area contributed by atoms with Gasteiger partial charge in [-0.15, -0.1) is 0 Å². The maximum Gasteiger partial charge on any atom is 0.267 e. The highest BCUT2D eigenvalue weighted by molar-refractivity contribution is 7.92. The molecule has 2 N–H and O–H groups in total. The summed E-state index contributed by atoms with van der Waals surface area (Å²) >= 11 is 0. The third-order valence-electron chi connectivity index (χ3n) is 2.83. The zero-order chi connectivity index (χ0) is 15.6. The van der Waals surface area contributed by atoms with Gasteiger partial charge in [-0.25, -0.2) is 17.2 Å². The van der Waals surface area contributed by atoms with E-state index in [1.807, 2.05) is 0 Å². The molecule has 0 saturated carbocycles. The van der Waals surface area contributed by atoms with E-state index in [0.717, 1.165) is 18.3 Å². The number of aliphatic hydroxyl groups excluding tert-OH is 1. The number of aliphatic hydroxyl groups is 1. The fraction of sp³-hybridized carbons (Fsp3) is 0.250. The Kier molecular flexibility index (Phi) is 4.24. The van der Waals surface area contributed by atoms with Gasteiger partial charge in [0.15, 0.2) is 0 Å². The molecule has 0 atom stereocenters. The molecule has 2 rings (SSSR count). The summed E-state index contributed by atoms with van der Waals surface area (Å²) in [5.41, 5.74) is -0.0634. The molecule has 2 aromatic rings. The Morgan fingerprint density at radius 1 is 1.38 bits per heavy atom. The molecule has 0 unspecified atom stereocenters. The van der Waals surface area contributed by atoms with Gasteiger partial charge in [0.2, 0.25) is 0 Å². The lowest BCUT2D eigenvalue weighted by molar-refractivity contribution is 0.306. The van der Waals surface area contributed by atoms with E-state index in [0.29, 0.717) is 10.4 Å². The zero-order valence-electron chi connectivity index (χ0n) is 11.0. The number of hydrogen-bond acceptors (Lipinski definition) is 4. The van der Waals surface area contributed by atoms with E-state index < -0.39 is 28.3 Å². The van der Waals surface area contributed by atoms with Gasteiger partial charge in [0, 0.05) is 6.07 Å². The molecule has 1 aromatic heterocycles. The number of nitrogens with zero attached hydrogens (tertiary/aromatic N) is 2. The Morgan fingerprint density at radius 3 is 2.62 bits per heavy atom. The number of hydrogen-bond donors (Lipinski definition) is 2. The first-order chi connectivity index (χ1) is 9.87. The number of sulfonamides is 1. The van der Waals surface area contributed by atoms with Crippen LogP contribution in [0.3, 0.4) is 0 Å². The van der Waals surface area contributed by atoms with Crippen LogP contribution in [0.25, 0.3) is 0 Å². The quantitative estimate of drug-likeness (QED) is 0.867. The van der Waals surface area contributed by atoms with Crippen LogP contribution in [0.15, 0.2) is 29.3 Å². The van der Waals surface area contributed by atoms with Crippen LogP contribution in [-0.4, -0.2) is 36.9 Å². The molecule has 0 aliphatic heterocycles. The fourth-order valence-electron chi connectivity index (χ4n) is 1.86. The summed E-state index contributed by atoms with van der Waals surface area (Å²) in [5, 5.41) is 15.1. The first-order valence-corrected chi connectivity index (χ1v) is 7.40. The molecule has 21 heavy (non-hydrogen) atoms. The normalized spacial score (nSPS) is 11.6. The number of aryl methyl sites for hydroxylation is 1. The van der Waals surface area contributed by atoms with E-state index in [-0.39, 0.29) is 22.8 Å². The van der Waals surface area contributed by atoms with Gasteiger partial charge in [0.25, 0.3) is 10.0 Å². The predicted molar refractivity (Wildman–Crippen MR) is 71.3 cm³/mol. The molecule has 0 bridgehead atoms. The number of halogens is 2. The highest BCUT2D eigenvalue weighted by Crippen LogP contribution is 2.27. The molecule has 0 aliphatic carbocycles. The van der Waals surface area contributed by atoms with Gasteiger partial charge in [-0.2, -0.15) is 5.10 Å². The molecule has 1 aromatic carbocycles. The van der Waals surface area contributed by atoms with E-state index in [4.69, 9.17) is 5.11 Å². The summed E-state index contributed by atoms with van der Waals surface area (Å²) in [6, 6.07) is 2.53. The number of aromatic amines is 1. The molecule has 0 aliphatic rings. The maximum atomic E-state index is 13.8. The summed E-state index contributed by atoms with van der Waals surface area (Å²) in [6.45, 7) is 0.612. The minimum Gasteiger partial charge on any atom is -0.394 e. The van der Waals surface area contributed by atoms with Crippen molar-refractivity contribution < 1.29 is 22.3 Å². The third kappa shape index (κ3) is 2.88. The van der Waals surface area contributed by atoms with Gasteiger partial charge in [-0.05, 0) is 19.1 Å². The van der Waals surface area contributed by atoms with Gasteiger partial charge in [0.1, 0.15) is 16.5 Å². The molecule has 114 valence electrons. The molecular formula is C12H13F2N3O3S. The smallest absolute Gasteiger partial charge is 0.267 e. The fourth-order valence-corrected chi connectivity index (χ4v) is 3.45. The Bertz CT molecular complexity index is 746. The van der Waals surface area contributed by atoms with Crippen LogP contribution in [0, 0.1) is 18.6 Å².